The van der Waals surface area contributed by atoms with Gasteiger partial charge in [-0.3, -0.25) is 4.98 Å². The van der Waals surface area contributed by atoms with E-state index in [-0.39, 0.29) is 28.4 Å². The molecule has 4 aromatic rings. The standard InChI is InChI=1S/C28H30BClFN8O5PS/c1-42-27-36-25(35-26(37-27)38-11-13-39(29)14-12-38)34-20-15-16(46(2,40)41)8-9-19(20)33-22(23-18(30)6-4-10-32-23)17-5-3-7-21-24(17)44-28(31,45)43-21/h3-10,15,22,33H,11-14,29,45H2,1-2H3,(H,34,35,36,37). The molecule has 46 heavy (non-hydrogen) atoms. The number of methoxy groups -OCH3 is 1. The summed E-state index contributed by atoms with van der Waals surface area (Å²) in [4.78, 5) is 22.2. The molecule has 2 aliphatic rings. The molecule has 2 aromatic heterocycles. The van der Waals surface area contributed by atoms with Crippen LogP contribution < -0.4 is 29.7 Å². The van der Waals surface area contributed by atoms with Crippen LogP contribution in [0.4, 0.5) is 27.7 Å². The van der Waals surface area contributed by atoms with Crippen LogP contribution in [0.2, 0.25) is 5.02 Å². The van der Waals surface area contributed by atoms with Gasteiger partial charge in [-0.15, -0.1) is 0 Å². The molecule has 0 radical (unpaired) electrons. The smallest absolute Gasteiger partial charge is 0.418 e. The van der Waals surface area contributed by atoms with Crippen molar-refractivity contribution in [3.05, 3.63) is 71.0 Å². The van der Waals surface area contributed by atoms with Gasteiger partial charge >= 0.3 is 11.8 Å². The summed E-state index contributed by atoms with van der Waals surface area (Å²) >= 11 is 6.63. The zero-order valence-electron chi connectivity index (χ0n) is 25.1. The fraction of sp³-hybridized carbons (Fsp3) is 0.286. The van der Waals surface area contributed by atoms with Crippen LogP contribution in [-0.4, -0.2) is 86.5 Å². The average molecular weight is 687 g/mol. The van der Waals surface area contributed by atoms with E-state index in [0.717, 1.165) is 19.3 Å². The number of fused-ring (bicyclic) bond motifs is 1. The Kier molecular flexibility index (Phi) is 8.81. The number of pyridine rings is 1. The first kappa shape index (κ1) is 32.0. The summed E-state index contributed by atoms with van der Waals surface area (Å²) in [5.74, 6) is -1.57. The van der Waals surface area contributed by atoms with Gasteiger partial charge < -0.3 is 34.6 Å². The van der Waals surface area contributed by atoms with Crippen LogP contribution in [0.3, 0.4) is 0 Å². The third-order valence-corrected chi connectivity index (χ3v) is 9.07. The van der Waals surface area contributed by atoms with Crippen LogP contribution in [0, 0.1) is 0 Å². The normalized spacial score (nSPS) is 18.7. The van der Waals surface area contributed by atoms with Crippen LogP contribution in [-0.2, 0) is 9.84 Å². The number of hydrogen-bond acceptors (Lipinski definition) is 13. The molecule has 2 N–H and O–H groups in total. The lowest BCUT2D eigenvalue weighted by Gasteiger charge is -2.32. The second-order valence-corrected chi connectivity index (χ2v) is 13.9. The number of nitrogens with zero attached hydrogens (tertiary/aromatic N) is 6. The summed E-state index contributed by atoms with van der Waals surface area (Å²) in [5.41, 5.74) is 1.61. The lowest BCUT2D eigenvalue weighted by Crippen LogP contribution is -2.45. The van der Waals surface area contributed by atoms with Crippen LogP contribution in [0.1, 0.15) is 17.3 Å². The molecule has 2 aromatic carbocycles. The minimum absolute atomic E-state index is 0.0517. The largest absolute Gasteiger partial charge is 0.467 e. The number of piperazine rings is 1. The number of halogens is 2. The molecule has 2 aliphatic heterocycles. The van der Waals surface area contributed by atoms with E-state index >= 15 is 0 Å². The molecule has 0 amide bonds. The number of aromatic nitrogens is 4. The van der Waals surface area contributed by atoms with Crippen molar-refractivity contribution in [1.82, 2.24) is 24.7 Å². The van der Waals surface area contributed by atoms with Gasteiger partial charge in [0.2, 0.25) is 11.9 Å². The molecular formula is C28H30BClFN8O5PS. The number of benzene rings is 2. The molecule has 1 fully saturated rings. The number of para-hydroxylation sites is 1. The zero-order chi connectivity index (χ0) is 32.6. The summed E-state index contributed by atoms with van der Waals surface area (Å²) in [5, 5.41) is 6.89. The van der Waals surface area contributed by atoms with E-state index in [1.54, 1.807) is 42.6 Å². The molecule has 18 heteroatoms. The van der Waals surface area contributed by atoms with Crippen LogP contribution >= 0.6 is 20.8 Å². The van der Waals surface area contributed by atoms with E-state index in [1.165, 1.54) is 19.2 Å². The minimum atomic E-state index is -3.61. The van der Waals surface area contributed by atoms with Crippen molar-refractivity contribution in [3.8, 4) is 17.5 Å². The molecule has 1 saturated heterocycles. The van der Waals surface area contributed by atoms with Crippen LogP contribution in [0.25, 0.3) is 0 Å². The fourth-order valence-electron chi connectivity index (χ4n) is 5.06. The summed E-state index contributed by atoms with van der Waals surface area (Å²) in [6.07, 6.45) is 2.69. The second-order valence-electron chi connectivity index (χ2n) is 10.7. The van der Waals surface area contributed by atoms with Crippen LogP contribution in [0.15, 0.2) is 59.6 Å². The van der Waals surface area contributed by atoms with Crippen molar-refractivity contribution < 1.29 is 27.0 Å². The van der Waals surface area contributed by atoms with E-state index in [2.05, 4.69) is 35.4 Å². The highest BCUT2D eigenvalue weighted by molar-refractivity contribution is 7.90. The van der Waals surface area contributed by atoms with Gasteiger partial charge in [-0.1, -0.05) is 23.7 Å². The molecule has 0 saturated carbocycles. The molecule has 0 aliphatic carbocycles. The second kappa shape index (κ2) is 12.7. The monoisotopic (exact) mass is 686 g/mol. The zero-order valence-corrected chi connectivity index (χ0v) is 27.8. The Morgan fingerprint density at radius 3 is 2.59 bits per heavy atom. The first-order valence-corrected chi connectivity index (χ1v) is 17.0. The molecule has 6 rings (SSSR count). The Bertz CT molecular complexity index is 1890. The van der Waals surface area contributed by atoms with E-state index < -0.39 is 21.7 Å². The molecular weight excluding hydrogens is 657 g/mol. The van der Waals surface area contributed by atoms with Gasteiger partial charge in [0.05, 0.1) is 40.1 Å². The number of ether oxygens (including phenoxy) is 3. The number of hydrogen-bond donors (Lipinski definition) is 2. The Hall–Kier alpha value is -3.98. The molecule has 0 spiro atoms. The SMILES string of the molecule is BN1CCN(c2nc(Nc3cc(S(C)(=O)=O)ccc3NC(c3cccc4c3OC(F)(P)O4)c3ncccc3Cl)nc(OC)n2)CC1. The fourth-order valence-corrected chi connectivity index (χ4v) is 6.19. The molecule has 4 heterocycles. The quantitative estimate of drug-likeness (QED) is 0.197. The molecule has 240 valence electrons. The number of nitrogens with one attached hydrogen (secondary N) is 2. The number of alkyl halides is 1. The molecule has 3 atom stereocenters. The van der Waals surface area contributed by atoms with Crippen molar-refractivity contribution >= 4 is 61.9 Å². The van der Waals surface area contributed by atoms with Gasteiger partial charge in [-0.25, -0.2) is 8.42 Å². The topological polar surface area (TPSA) is 144 Å². The maximum atomic E-state index is 14.8. The average Bonchev–Trinajstić information content (AvgIpc) is 3.34. The van der Waals surface area contributed by atoms with Crippen molar-refractivity contribution in [2.75, 3.05) is 55.1 Å². The number of rotatable bonds is 9. The highest BCUT2D eigenvalue weighted by Crippen LogP contribution is 2.49. The highest BCUT2D eigenvalue weighted by atomic mass is 35.5. The predicted octanol–water partition coefficient (Wildman–Crippen LogP) is 3.17. The Labute approximate surface area is 273 Å². The Balaban J connectivity index is 1.44. The molecule has 3 unspecified atom stereocenters. The van der Waals surface area contributed by atoms with Crippen molar-refractivity contribution in [2.45, 2.75) is 16.7 Å². The van der Waals surface area contributed by atoms with Crippen molar-refractivity contribution in [1.29, 1.82) is 0 Å². The van der Waals surface area contributed by atoms with E-state index in [9.17, 15) is 12.8 Å². The Morgan fingerprint density at radius 2 is 1.87 bits per heavy atom. The maximum absolute atomic E-state index is 14.8. The van der Waals surface area contributed by atoms with E-state index in [4.69, 9.17) is 25.8 Å². The van der Waals surface area contributed by atoms with Gasteiger partial charge in [-0.05, 0) is 45.6 Å². The third kappa shape index (κ3) is 6.89. The van der Waals surface area contributed by atoms with Gasteiger partial charge in [0.25, 0.3) is 0 Å². The summed E-state index contributed by atoms with van der Waals surface area (Å²) in [6.45, 7) is 3.07. The van der Waals surface area contributed by atoms with E-state index in [1.807, 2.05) is 22.1 Å². The number of anilines is 4. The first-order valence-electron chi connectivity index (χ1n) is 14.1. The van der Waals surface area contributed by atoms with Gasteiger partial charge in [-0.2, -0.15) is 19.3 Å². The predicted molar refractivity (Wildman–Crippen MR) is 178 cm³/mol. The van der Waals surface area contributed by atoms with Gasteiger partial charge in [0.1, 0.15) is 0 Å². The van der Waals surface area contributed by atoms with E-state index in [0.29, 0.717) is 46.7 Å². The molecule has 13 nitrogen and oxygen atoms in total. The third-order valence-electron chi connectivity index (χ3n) is 7.41. The Morgan fingerprint density at radius 1 is 1.09 bits per heavy atom. The summed E-state index contributed by atoms with van der Waals surface area (Å²) in [7, 11) is 1.78. The van der Waals surface area contributed by atoms with Crippen molar-refractivity contribution in [3.63, 3.8) is 0 Å². The first-order chi connectivity index (χ1) is 21.9. The summed E-state index contributed by atoms with van der Waals surface area (Å²) in [6, 6.07) is 12.2. The maximum Gasteiger partial charge on any atom is 0.418 e. The number of sulfone groups is 1. The van der Waals surface area contributed by atoms with Gasteiger partial charge in [0, 0.05) is 44.2 Å². The van der Waals surface area contributed by atoms with Gasteiger partial charge in [0.15, 0.2) is 29.3 Å². The lowest BCUT2D eigenvalue weighted by atomic mass is 10.0. The highest BCUT2D eigenvalue weighted by Gasteiger charge is 2.40. The van der Waals surface area contributed by atoms with Crippen molar-refractivity contribution in [2.24, 2.45) is 0 Å². The summed E-state index contributed by atoms with van der Waals surface area (Å²) < 4.78 is 56.3. The van der Waals surface area contributed by atoms with Crippen LogP contribution in [0.5, 0.6) is 17.5 Å². The molecule has 0 bridgehead atoms. The minimum Gasteiger partial charge on any atom is -0.467 e. The lowest BCUT2D eigenvalue weighted by molar-refractivity contribution is -0.105.